The molecule has 0 bridgehead atoms. The van der Waals surface area contributed by atoms with Gasteiger partial charge < -0.3 is 10.2 Å². The molecule has 2 heterocycles. The summed E-state index contributed by atoms with van der Waals surface area (Å²) in [6.07, 6.45) is 1.10. The minimum atomic E-state index is -1.07. The number of hydrogen-bond acceptors (Lipinski definition) is 6. The Labute approximate surface area is 150 Å². The fourth-order valence-electron chi connectivity index (χ4n) is 1.34. The highest BCUT2D eigenvalue weighted by molar-refractivity contribution is 8.23. The molecule has 1 aliphatic rings. The van der Waals surface area contributed by atoms with Crippen molar-refractivity contribution in [1.29, 1.82) is 0 Å². The number of carbonyl (C=O) groups is 3. The SMILES string of the molecule is O=C(O)CCN1C(=O)CSC1=S.O=C(O)c1cnc(Cl)c(Cl)c1. The molecular weight excluding hydrogens is 387 g/mol. The van der Waals surface area contributed by atoms with Crippen molar-refractivity contribution >= 4 is 69.3 Å². The summed E-state index contributed by atoms with van der Waals surface area (Å²) in [7, 11) is 0. The maximum absolute atomic E-state index is 11.0. The Morgan fingerprint density at radius 2 is 2.04 bits per heavy atom. The van der Waals surface area contributed by atoms with Crippen molar-refractivity contribution in [2.45, 2.75) is 6.42 Å². The van der Waals surface area contributed by atoms with Crippen LogP contribution in [0.15, 0.2) is 12.3 Å². The molecular formula is C12H10Cl2N2O5S2. The Hall–Kier alpha value is -1.42. The summed E-state index contributed by atoms with van der Waals surface area (Å²) >= 11 is 17.1. The number of thiocarbonyl (C=S) groups is 1. The molecule has 2 rings (SSSR count). The lowest BCUT2D eigenvalue weighted by Crippen LogP contribution is -2.30. The minimum Gasteiger partial charge on any atom is -0.481 e. The molecule has 0 radical (unpaired) electrons. The number of carboxylic acid groups (broad SMARTS) is 2. The molecule has 1 aromatic heterocycles. The Bertz CT molecular complexity index is 640. The first kappa shape index (κ1) is 19.6. The van der Waals surface area contributed by atoms with Gasteiger partial charge in [0.15, 0.2) is 0 Å². The standard InChI is InChI=1S/C6H3Cl2NO2.C6H7NO3S2/c7-4-1-3(6(10)11)2-9-5(4)8;8-4-3-12-6(11)7(4)2-1-5(9)10/h1-2H,(H,10,11);1-3H2,(H,9,10). The van der Waals surface area contributed by atoms with Crippen molar-refractivity contribution in [1.82, 2.24) is 9.88 Å². The van der Waals surface area contributed by atoms with Crippen molar-refractivity contribution in [3.8, 4) is 0 Å². The molecule has 0 atom stereocenters. The molecule has 23 heavy (non-hydrogen) atoms. The normalized spacial score (nSPS) is 13.6. The van der Waals surface area contributed by atoms with Crippen LogP contribution in [0.1, 0.15) is 16.8 Å². The van der Waals surface area contributed by atoms with Crippen molar-refractivity contribution < 1.29 is 24.6 Å². The summed E-state index contributed by atoms with van der Waals surface area (Å²) in [6, 6.07) is 1.25. The van der Waals surface area contributed by atoms with Gasteiger partial charge in [-0.2, -0.15) is 0 Å². The van der Waals surface area contributed by atoms with Gasteiger partial charge >= 0.3 is 11.9 Å². The Morgan fingerprint density at radius 3 is 2.48 bits per heavy atom. The number of hydrogen-bond donors (Lipinski definition) is 2. The second-order valence-corrected chi connectivity index (χ2v) is 6.42. The average molecular weight is 397 g/mol. The molecule has 1 aliphatic heterocycles. The van der Waals surface area contributed by atoms with Gasteiger partial charge in [-0.1, -0.05) is 47.2 Å². The number of pyridine rings is 1. The molecule has 0 aliphatic carbocycles. The van der Waals surface area contributed by atoms with E-state index in [1.54, 1.807) is 0 Å². The smallest absolute Gasteiger partial charge is 0.337 e. The van der Waals surface area contributed by atoms with Crippen LogP contribution in [0.2, 0.25) is 10.2 Å². The lowest BCUT2D eigenvalue weighted by molar-refractivity contribution is -0.137. The van der Waals surface area contributed by atoms with E-state index in [1.807, 2.05) is 0 Å². The van der Waals surface area contributed by atoms with Gasteiger partial charge in [0.25, 0.3) is 0 Å². The summed E-state index contributed by atoms with van der Waals surface area (Å²) in [4.78, 5) is 36.4. The fourth-order valence-corrected chi connectivity index (χ4v) is 2.73. The van der Waals surface area contributed by atoms with Gasteiger partial charge in [-0.25, -0.2) is 9.78 Å². The summed E-state index contributed by atoms with van der Waals surface area (Å²) in [5.41, 5.74) is 0.0272. The molecule has 1 aromatic rings. The van der Waals surface area contributed by atoms with Gasteiger partial charge in [-0.15, -0.1) is 0 Å². The predicted molar refractivity (Wildman–Crippen MR) is 90.2 cm³/mol. The molecule has 1 amide bonds. The first-order chi connectivity index (χ1) is 10.7. The zero-order chi connectivity index (χ0) is 17.6. The molecule has 1 saturated heterocycles. The highest BCUT2D eigenvalue weighted by Crippen LogP contribution is 2.19. The molecule has 1 fully saturated rings. The van der Waals surface area contributed by atoms with E-state index in [4.69, 9.17) is 45.6 Å². The van der Waals surface area contributed by atoms with E-state index >= 15 is 0 Å². The molecule has 0 unspecified atom stereocenters. The number of halogens is 2. The van der Waals surface area contributed by atoms with Crippen LogP contribution in [0.3, 0.4) is 0 Å². The van der Waals surface area contributed by atoms with Crippen LogP contribution in [0.4, 0.5) is 0 Å². The zero-order valence-electron chi connectivity index (χ0n) is 11.4. The minimum absolute atomic E-state index is 0.0272. The lowest BCUT2D eigenvalue weighted by atomic mass is 10.3. The Morgan fingerprint density at radius 1 is 1.39 bits per heavy atom. The van der Waals surface area contributed by atoms with Gasteiger partial charge in [0, 0.05) is 12.7 Å². The van der Waals surface area contributed by atoms with Gasteiger partial charge in [0.05, 0.1) is 22.8 Å². The fraction of sp³-hybridized carbons (Fsp3) is 0.250. The van der Waals surface area contributed by atoms with Crippen LogP contribution in [0, 0.1) is 0 Å². The van der Waals surface area contributed by atoms with Crippen molar-refractivity contribution in [3.05, 3.63) is 28.0 Å². The number of carboxylic acids is 2. The quantitative estimate of drug-likeness (QED) is 0.589. The van der Waals surface area contributed by atoms with Crippen LogP contribution in [-0.2, 0) is 9.59 Å². The Kier molecular flexibility index (Phi) is 7.69. The van der Waals surface area contributed by atoms with Crippen LogP contribution in [0.25, 0.3) is 0 Å². The number of rotatable bonds is 4. The van der Waals surface area contributed by atoms with Crippen molar-refractivity contribution in [2.75, 3.05) is 12.3 Å². The third-order valence-corrected chi connectivity index (χ3v) is 4.55. The number of nitrogens with zero attached hydrogens (tertiary/aromatic N) is 2. The summed E-state index contributed by atoms with van der Waals surface area (Å²) in [5.74, 6) is -1.73. The third kappa shape index (κ3) is 6.30. The molecule has 0 spiro atoms. The van der Waals surface area contributed by atoms with Gasteiger partial charge in [-0.05, 0) is 6.07 Å². The van der Waals surface area contributed by atoms with E-state index in [2.05, 4.69) is 4.98 Å². The number of carbonyl (C=O) groups excluding carboxylic acids is 1. The number of aromatic carboxylic acids is 1. The largest absolute Gasteiger partial charge is 0.481 e. The van der Waals surface area contributed by atoms with E-state index in [1.165, 1.54) is 22.7 Å². The van der Waals surface area contributed by atoms with Gasteiger partial charge in [-0.3, -0.25) is 14.5 Å². The number of thioether (sulfide) groups is 1. The molecule has 0 saturated carbocycles. The van der Waals surface area contributed by atoms with E-state index in [0.29, 0.717) is 10.1 Å². The second-order valence-electron chi connectivity index (χ2n) is 4.05. The molecule has 7 nitrogen and oxygen atoms in total. The molecule has 11 heteroatoms. The van der Waals surface area contributed by atoms with E-state index < -0.39 is 11.9 Å². The zero-order valence-corrected chi connectivity index (χ0v) is 14.5. The molecule has 2 N–H and O–H groups in total. The first-order valence-electron chi connectivity index (χ1n) is 5.95. The van der Waals surface area contributed by atoms with Crippen molar-refractivity contribution in [2.24, 2.45) is 0 Å². The number of aromatic nitrogens is 1. The van der Waals surface area contributed by atoms with Crippen LogP contribution in [0.5, 0.6) is 0 Å². The molecule has 124 valence electrons. The van der Waals surface area contributed by atoms with Crippen molar-refractivity contribution in [3.63, 3.8) is 0 Å². The van der Waals surface area contributed by atoms with Gasteiger partial charge in [0.2, 0.25) is 5.91 Å². The molecule has 0 aromatic carbocycles. The van der Waals surface area contributed by atoms with E-state index in [0.717, 1.165) is 6.20 Å². The summed E-state index contributed by atoms with van der Waals surface area (Å²) in [5, 5.41) is 17.1. The summed E-state index contributed by atoms with van der Waals surface area (Å²) in [6.45, 7) is 0.194. The second kappa shape index (κ2) is 9.02. The average Bonchev–Trinajstić information content (AvgIpc) is 2.79. The highest BCUT2D eigenvalue weighted by atomic mass is 35.5. The van der Waals surface area contributed by atoms with E-state index in [-0.39, 0.29) is 34.6 Å². The maximum atomic E-state index is 11.0. The van der Waals surface area contributed by atoms with Gasteiger partial charge in [0.1, 0.15) is 9.47 Å². The first-order valence-corrected chi connectivity index (χ1v) is 8.10. The highest BCUT2D eigenvalue weighted by Gasteiger charge is 2.26. The van der Waals surface area contributed by atoms with Crippen LogP contribution >= 0.6 is 47.2 Å². The predicted octanol–water partition coefficient (Wildman–Crippen LogP) is 2.41. The Balaban J connectivity index is 0.000000231. The lowest BCUT2D eigenvalue weighted by Gasteiger charge is -2.12. The van der Waals surface area contributed by atoms with E-state index in [9.17, 15) is 14.4 Å². The monoisotopic (exact) mass is 396 g/mol. The number of aliphatic carboxylic acids is 1. The topological polar surface area (TPSA) is 108 Å². The number of amides is 1. The van der Waals surface area contributed by atoms with Crippen LogP contribution in [-0.4, -0.2) is 54.6 Å². The van der Waals surface area contributed by atoms with Crippen LogP contribution < -0.4 is 0 Å². The maximum Gasteiger partial charge on any atom is 0.337 e. The third-order valence-electron chi connectivity index (χ3n) is 2.43. The summed E-state index contributed by atoms with van der Waals surface area (Å²) < 4.78 is 0.487.